The Morgan fingerprint density at radius 2 is 1.42 bits per heavy atom. The van der Waals surface area contributed by atoms with Gasteiger partial charge in [0, 0.05) is 5.56 Å². The predicted molar refractivity (Wildman–Crippen MR) is 97.1 cm³/mol. The summed E-state index contributed by atoms with van der Waals surface area (Å²) in [6, 6.07) is 17.3. The third-order valence-corrected chi connectivity index (χ3v) is 3.23. The molecule has 1 heterocycles. The van der Waals surface area contributed by atoms with Crippen molar-refractivity contribution in [2.24, 2.45) is 5.10 Å². The Morgan fingerprint density at radius 1 is 0.808 bits per heavy atom. The van der Waals surface area contributed by atoms with E-state index in [9.17, 15) is 0 Å². The lowest BCUT2D eigenvalue weighted by molar-refractivity contribution is 0.320. The van der Waals surface area contributed by atoms with E-state index in [0.29, 0.717) is 5.75 Å². The highest BCUT2D eigenvalue weighted by molar-refractivity contribution is 5.84. The van der Waals surface area contributed by atoms with Gasteiger partial charge in [-0.05, 0) is 24.3 Å². The molecule has 0 saturated heterocycles. The van der Waals surface area contributed by atoms with Crippen LogP contribution in [0.5, 0.6) is 23.8 Å². The minimum atomic E-state index is 0.0607. The first-order valence-corrected chi connectivity index (χ1v) is 7.73. The van der Waals surface area contributed by atoms with E-state index in [1.54, 1.807) is 12.3 Å². The molecule has 0 aliphatic rings. The molecule has 0 radical (unpaired) electrons. The van der Waals surface area contributed by atoms with Gasteiger partial charge in [-0.25, -0.2) is 0 Å². The zero-order valence-corrected chi connectivity index (χ0v) is 14.3. The van der Waals surface area contributed by atoms with E-state index in [0.717, 1.165) is 11.3 Å². The van der Waals surface area contributed by atoms with Crippen LogP contribution >= 0.6 is 0 Å². The summed E-state index contributed by atoms with van der Waals surface area (Å²) >= 11 is 0. The molecule has 8 nitrogen and oxygen atoms in total. The van der Waals surface area contributed by atoms with Gasteiger partial charge >= 0.3 is 18.0 Å². The zero-order chi connectivity index (χ0) is 18.2. The molecule has 0 amide bonds. The van der Waals surface area contributed by atoms with E-state index in [-0.39, 0.29) is 18.0 Å². The van der Waals surface area contributed by atoms with Crippen LogP contribution in [0.4, 0.5) is 5.69 Å². The number of benzene rings is 2. The third-order valence-electron chi connectivity index (χ3n) is 3.23. The Kier molecular flexibility index (Phi) is 5.56. The number of methoxy groups -OCH3 is 2. The van der Waals surface area contributed by atoms with Gasteiger partial charge in [0.25, 0.3) is 0 Å². The molecule has 2 aromatic carbocycles. The molecular weight excluding hydrogens is 334 g/mol. The minimum Gasteiger partial charge on any atom is -0.467 e. The molecule has 0 saturated carbocycles. The van der Waals surface area contributed by atoms with Crippen molar-refractivity contribution < 1.29 is 14.2 Å². The van der Waals surface area contributed by atoms with Gasteiger partial charge in [-0.3, -0.25) is 5.43 Å². The van der Waals surface area contributed by atoms with Crippen LogP contribution in [0.15, 0.2) is 59.7 Å². The van der Waals surface area contributed by atoms with E-state index >= 15 is 0 Å². The molecule has 0 unspecified atom stereocenters. The molecule has 0 spiro atoms. The number of anilines is 1. The maximum absolute atomic E-state index is 5.76. The summed E-state index contributed by atoms with van der Waals surface area (Å²) in [6.07, 6.45) is 1.65. The standard InChI is InChI=1S/C18H17N5O3/c1-24-16-20-17(25-2)22-18(21-16)26-15-11-7-6-8-13(15)12-19-23-14-9-4-3-5-10-14/h3-12,23H,1-2H3/b19-12+. The van der Waals surface area contributed by atoms with Crippen molar-refractivity contribution in [3.05, 3.63) is 60.2 Å². The normalized spacial score (nSPS) is 10.5. The highest BCUT2D eigenvalue weighted by Crippen LogP contribution is 2.24. The molecule has 132 valence electrons. The number of rotatable bonds is 7. The summed E-state index contributed by atoms with van der Waals surface area (Å²) in [5, 5.41) is 4.22. The monoisotopic (exact) mass is 351 g/mol. The molecule has 0 bridgehead atoms. The zero-order valence-electron chi connectivity index (χ0n) is 14.3. The number of nitrogens with one attached hydrogen (secondary N) is 1. The molecule has 0 aliphatic carbocycles. The highest BCUT2D eigenvalue weighted by Gasteiger charge is 2.11. The molecule has 0 aliphatic heterocycles. The smallest absolute Gasteiger partial charge is 0.331 e. The van der Waals surface area contributed by atoms with E-state index in [1.807, 2.05) is 48.5 Å². The summed E-state index contributed by atoms with van der Waals surface area (Å²) in [7, 11) is 2.91. The quantitative estimate of drug-likeness (QED) is 0.516. The van der Waals surface area contributed by atoms with Gasteiger partial charge in [0.05, 0.1) is 26.1 Å². The Balaban J connectivity index is 1.79. The van der Waals surface area contributed by atoms with Gasteiger partial charge in [0.2, 0.25) is 0 Å². The van der Waals surface area contributed by atoms with Crippen LogP contribution in [0.1, 0.15) is 5.56 Å². The fourth-order valence-corrected chi connectivity index (χ4v) is 2.02. The molecule has 26 heavy (non-hydrogen) atoms. The predicted octanol–water partition coefficient (Wildman–Crippen LogP) is 3.13. The number of para-hydroxylation sites is 2. The van der Waals surface area contributed by atoms with Gasteiger partial charge in [-0.1, -0.05) is 30.3 Å². The molecular formula is C18H17N5O3. The van der Waals surface area contributed by atoms with Gasteiger partial charge in [0.15, 0.2) is 0 Å². The first-order chi connectivity index (χ1) is 12.8. The second-order valence-electron chi connectivity index (χ2n) is 4.97. The Bertz CT molecular complexity index is 865. The molecule has 3 aromatic rings. The van der Waals surface area contributed by atoms with Gasteiger partial charge < -0.3 is 14.2 Å². The van der Waals surface area contributed by atoms with Gasteiger partial charge in [-0.15, -0.1) is 15.0 Å². The Labute approximate surface area is 150 Å². The van der Waals surface area contributed by atoms with Crippen LogP contribution in [-0.4, -0.2) is 35.4 Å². The topological polar surface area (TPSA) is 90.8 Å². The van der Waals surface area contributed by atoms with E-state index in [4.69, 9.17) is 14.2 Å². The molecule has 0 fully saturated rings. The fourth-order valence-electron chi connectivity index (χ4n) is 2.02. The second kappa shape index (κ2) is 8.43. The minimum absolute atomic E-state index is 0.0607. The number of nitrogens with zero attached hydrogens (tertiary/aromatic N) is 4. The maximum atomic E-state index is 5.76. The third kappa shape index (κ3) is 4.44. The van der Waals surface area contributed by atoms with Crippen LogP contribution in [-0.2, 0) is 0 Å². The average Bonchev–Trinajstić information content (AvgIpc) is 2.69. The summed E-state index contributed by atoms with van der Waals surface area (Å²) in [5.74, 6) is 0.529. The molecule has 0 atom stereocenters. The highest BCUT2D eigenvalue weighted by atomic mass is 16.5. The second-order valence-corrected chi connectivity index (χ2v) is 4.97. The van der Waals surface area contributed by atoms with E-state index < -0.39 is 0 Å². The van der Waals surface area contributed by atoms with Crippen LogP contribution in [0.2, 0.25) is 0 Å². The van der Waals surface area contributed by atoms with Crippen LogP contribution in [0.25, 0.3) is 0 Å². The number of hydrogen-bond acceptors (Lipinski definition) is 8. The number of ether oxygens (including phenoxy) is 3. The average molecular weight is 351 g/mol. The molecule has 1 aromatic heterocycles. The largest absolute Gasteiger partial charge is 0.467 e. The van der Waals surface area contributed by atoms with E-state index in [1.165, 1.54) is 14.2 Å². The van der Waals surface area contributed by atoms with Crippen molar-refractivity contribution in [1.29, 1.82) is 0 Å². The fraction of sp³-hybridized carbons (Fsp3) is 0.111. The number of aromatic nitrogens is 3. The molecule has 1 N–H and O–H groups in total. The lowest BCUT2D eigenvalue weighted by atomic mass is 10.2. The summed E-state index contributed by atoms with van der Waals surface area (Å²) < 4.78 is 15.8. The first kappa shape index (κ1) is 17.2. The molecule has 8 heteroatoms. The van der Waals surface area contributed by atoms with Crippen molar-refractivity contribution in [1.82, 2.24) is 15.0 Å². The lowest BCUT2D eigenvalue weighted by Crippen LogP contribution is -2.02. The van der Waals surface area contributed by atoms with Crippen molar-refractivity contribution in [3.8, 4) is 23.8 Å². The Morgan fingerprint density at radius 3 is 2.12 bits per heavy atom. The van der Waals surface area contributed by atoms with Gasteiger partial charge in [0.1, 0.15) is 5.75 Å². The van der Waals surface area contributed by atoms with Crippen molar-refractivity contribution in [2.75, 3.05) is 19.6 Å². The van der Waals surface area contributed by atoms with Crippen LogP contribution in [0.3, 0.4) is 0 Å². The lowest BCUT2D eigenvalue weighted by Gasteiger charge is -2.08. The summed E-state index contributed by atoms with van der Waals surface area (Å²) in [5.41, 5.74) is 4.58. The Hall–Kier alpha value is -3.68. The van der Waals surface area contributed by atoms with Crippen LogP contribution in [0, 0.1) is 0 Å². The first-order valence-electron chi connectivity index (χ1n) is 7.73. The molecule has 3 rings (SSSR count). The maximum Gasteiger partial charge on any atom is 0.331 e. The van der Waals surface area contributed by atoms with Gasteiger partial charge in [-0.2, -0.15) is 5.10 Å². The van der Waals surface area contributed by atoms with Crippen molar-refractivity contribution in [3.63, 3.8) is 0 Å². The number of hydrazone groups is 1. The summed E-state index contributed by atoms with van der Waals surface area (Å²) in [6.45, 7) is 0. The van der Waals surface area contributed by atoms with Crippen molar-refractivity contribution >= 4 is 11.9 Å². The van der Waals surface area contributed by atoms with Crippen LogP contribution < -0.4 is 19.6 Å². The number of hydrogen-bond donors (Lipinski definition) is 1. The van der Waals surface area contributed by atoms with Crippen molar-refractivity contribution in [2.45, 2.75) is 0 Å². The SMILES string of the molecule is COc1nc(OC)nc(Oc2ccccc2/C=N/Nc2ccccc2)n1. The van der Waals surface area contributed by atoms with E-state index in [2.05, 4.69) is 25.5 Å². The summed E-state index contributed by atoms with van der Waals surface area (Å²) in [4.78, 5) is 12.0.